The molecule has 3 N–H and O–H groups in total. The molecule has 50 heavy (non-hydrogen) atoms. The zero-order chi connectivity index (χ0) is 35.3. The monoisotopic (exact) mass is 698 g/mol. The van der Waals surface area contributed by atoms with Gasteiger partial charge in [-0.1, -0.05) is 48.4 Å². The van der Waals surface area contributed by atoms with Crippen LogP contribution in [-0.4, -0.2) is 65.6 Å². The van der Waals surface area contributed by atoms with Gasteiger partial charge in [-0.05, 0) is 92.2 Å². The Morgan fingerprint density at radius 3 is 2.36 bits per heavy atom. The summed E-state index contributed by atoms with van der Waals surface area (Å²) in [6.45, 7) is 8.70. The largest absolute Gasteiger partial charge is 0.493 e. The average molecular weight is 699 g/mol. The van der Waals surface area contributed by atoms with Gasteiger partial charge in [-0.3, -0.25) is 4.98 Å². The molecule has 4 aromatic rings. The molecule has 264 valence electrons. The number of hydrogen-bond donors (Lipinski definition) is 3. The first kappa shape index (κ1) is 37.1. The van der Waals surface area contributed by atoms with Gasteiger partial charge < -0.3 is 34.6 Å². The molecule has 9 nitrogen and oxygen atoms in total. The van der Waals surface area contributed by atoms with E-state index in [1.54, 1.807) is 24.4 Å². The standard InChI is InChI=1S/C40H47ClN4O5/c1-28-32(9-6-10-35(28)36-11-7-12-38(29(36)2)48-16-8-15-45-13-4-3-5-14-45)27-50-40-19-39(49-26-31-17-30(20-42)21-43-22-31)33(18-37(40)41)23-44-34(24-46)25-47/h6-7,9-12,17-19,21-22,34,44,46-47H,3-5,8,13-16,23-27H2,1-2H3. The second-order valence-corrected chi connectivity index (χ2v) is 13.1. The van der Waals surface area contributed by atoms with Crippen molar-refractivity contribution in [2.75, 3.05) is 39.5 Å². The molecule has 0 atom stereocenters. The van der Waals surface area contributed by atoms with Crippen LogP contribution in [0.3, 0.4) is 0 Å². The Balaban J connectivity index is 1.30. The number of benzene rings is 3. The second kappa shape index (κ2) is 18.7. The summed E-state index contributed by atoms with van der Waals surface area (Å²) in [5.74, 6) is 1.88. The smallest absolute Gasteiger partial charge is 0.142 e. The van der Waals surface area contributed by atoms with Gasteiger partial charge in [-0.2, -0.15) is 5.26 Å². The molecule has 0 amide bonds. The average Bonchev–Trinajstić information content (AvgIpc) is 3.14. The first-order valence-electron chi connectivity index (χ1n) is 17.3. The Morgan fingerprint density at radius 2 is 1.60 bits per heavy atom. The molecular formula is C40H47ClN4O5. The van der Waals surface area contributed by atoms with Crippen LogP contribution in [0.1, 0.15) is 59.1 Å². The minimum atomic E-state index is -0.496. The number of ether oxygens (including phenoxy) is 3. The summed E-state index contributed by atoms with van der Waals surface area (Å²) in [6.07, 6.45) is 8.11. The molecule has 3 aromatic carbocycles. The fraction of sp³-hybridized carbons (Fsp3) is 0.400. The molecule has 5 rings (SSSR count). The third kappa shape index (κ3) is 9.96. The van der Waals surface area contributed by atoms with Gasteiger partial charge in [0.2, 0.25) is 0 Å². The quantitative estimate of drug-likeness (QED) is 0.103. The number of piperidine rings is 1. The highest BCUT2D eigenvalue weighted by Crippen LogP contribution is 2.36. The summed E-state index contributed by atoms with van der Waals surface area (Å²) in [5.41, 5.74) is 7.39. The Morgan fingerprint density at radius 1 is 0.860 bits per heavy atom. The number of aliphatic hydroxyl groups is 2. The zero-order valence-corrected chi connectivity index (χ0v) is 29.7. The van der Waals surface area contributed by atoms with Crippen LogP contribution in [-0.2, 0) is 19.8 Å². The van der Waals surface area contributed by atoms with Crippen molar-refractivity contribution in [2.45, 2.75) is 65.3 Å². The molecule has 1 aliphatic rings. The van der Waals surface area contributed by atoms with Crippen LogP contribution in [0.25, 0.3) is 11.1 Å². The molecule has 1 saturated heterocycles. The Hall–Kier alpha value is -4.17. The van der Waals surface area contributed by atoms with Crippen LogP contribution in [0, 0.1) is 25.2 Å². The van der Waals surface area contributed by atoms with Crippen LogP contribution in [0.5, 0.6) is 17.2 Å². The van der Waals surface area contributed by atoms with Gasteiger partial charge in [0.05, 0.1) is 36.4 Å². The Bertz CT molecular complexity index is 1750. The summed E-state index contributed by atoms with van der Waals surface area (Å²) in [4.78, 5) is 6.66. The third-order valence-corrected chi connectivity index (χ3v) is 9.48. The topological polar surface area (TPSA) is 120 Å². The van der Waals surface area contributed by atoms with Gasteiger partial charge in [0, 0.05) is 42.7 Å². The molecule has 0 bridgehead atoms. The Labute approximate surface area is 300 Å². The van der Waals surface area contributed by atoms with Crippen LogP contribution in [0.15, 0.2) is 67.0 Å². The lowest BCUT2D eigenvalue weighted by atomic mass is 9.93. The summed E-state index contributed by atoms with van der Waals surface area (Å²) >= 11 is 6.74. The predicted molar refractivity (Wildman–Crippen MR) is 196 cm³/mol. The zero-order valence-electron chi connectivity index (χ0n) is 29.0. The van der Waals surface area contributed by atoms with Crippen LogP contribution in [0.4, 0.5) is 0 Å². The lowest BCUT2D eigenvalue weighted by molar-refractivity contribution is 0.170. The van der Waals surface area contributed by atoms with E-state index in [0.29, 0.717) is 35.2 Å². The number of rotatable bonds is 17. The predicted octanol–water partition coefficient (Wildman–Crippen LogP) is 6.75. The van der Waals surface area contributed by atoms with Gasteiger partial charge in [0.25, 0.3) is 0 Å². The van der Waals surface area contributed by atoms with Crippen molar-refractivity contribution < 1.29 is 24.4 Å². The normalized spacial score (nSPS) is 13.3. The van der Waals surface area contributed by atoms with E-state index in [1.165, 1.54) is 38.5 Å². The van der Waals surface area contributed by atoms with E-state index in [2.05, 4.69) is 59.4 Å². The van der Waals surface area contributed by atoms with Gasteiger partial charge in [0.1, 0.15) is 36.5 Å². The molecule has 0 unspecified atom stereocenters. The van der Waals surface area contributed by atoms with E-state index in [4.69, 9.17) is 25.8 Å². The first-order chi connectivity index (χ1) is 24.4. The first-order valence-corrected chi connectivity index (χ1v) is 17.7. The van der Waals surface area contributed by atoms with Gasteiger partial charge >= 0.3 is 0 Å². The highest BCUT2D eigenvalue weighted by atomic mass is 35.5. The minimum Gasteiger partial charge on any atom is -0.493 e. The SMILES string of the molecule is Cc1c(COc2cc(OCc3cncc(C#N)c3)c(CNC(CO)CO)cc2Cl)cccc1-c1cccc(OCCCN2CCCCC2)c1C. The van der Waals surface area contributed by atoms with E-state index in [1.807, 2.05) is 12.1 Å². The van der Waals surface area contributed by atoms with Crippen molar-refractivity contribution in [3.63, 3.8) is 0 Å². The fourth-order valence-corrected chi connectivity index (χ4v) is 6.43. The molecule has 0 spiro atoms. The molecule has 1 aromatic heterocycles. The lowest BCUT2D eigenvalue weighted by Gasteiger charge is -2.26. The Kier molecular flexibility index (Phi) is 13.9. The van der Waals surface area contributed by atoms with Gasteiger partial charge in [-0.25, -0.2) is 0 Å². The number of halogens is 1. The van der Waals surface area contributed by atoms with Crippen LogP contribution < -0.4 is 19.5 Å². The van der Waals surface area contributed by atoms with Crippen LogP contribution in [0.2, 0.25) is 5.02 Å². The van der Waals surface area contributed by atoms with Crippen molar-refractivity contribution >= 4 is 11.6 Å². The number of hydrogen-bond acceptors (Lipinski definition) is 9. The van der Waals surface area contributed by atoms with E-state index >= 15 is 0 Å². The van der Waals surface area contributed by atoms with Crippen LogP contribution >= 0.6 is 11.6 Å². The van der Waals surface area contributed by atoms with E-state index in [0.717, 1.165) is 57.7 Å². The molecule has 2 heterocycles. The van der Waals surface area contributed by atoms with E-state index < -0.39 is 6.04 Å². The van der Waals surface area contributed by atoms with E-state index in [-0.39, 0.29) is 26.4 Å². The maximum absolute atomic E-state index is 9.54. The number of nitriles is 1. The lowest BCUT2D eigenvalue weighted by Crippen LogP contribution is -2.35. The molecule has 1 fully saturated rings. The summed E-state index contributed by atoms with van der Waals surface area (Å²) < 4.78 is 18.8. The highest BCUT2D eigenvalue weighted by Gasteiger charge is 2.17. The number of likely N-dealkylation sites (tertiary alicyclic amines) is 1. The summed E-state index contributed by atoms with van der Waals surface area (Å²) in [5, 5.41) is 31.9. The van der Waals surface area contributed by atoms with Crippen molar-refractivity contribution in [3.05, 3.63) is 105 Å². The number of pyridine rings is 1. The minimum absolute atomic E-state index is 0.168. The second-order valence-electron chi connectivity index (χ2n) is 12.7. The molecule has 0 radical (unpaired) electrons. The number of nitrogens with zero attached hydrogens (tertiary/aromatic N) is 3. The summed E-state index contributed by atoms with van der Waals surface area (Å²) in [7, 11) is 0. The number of aromatic nitrogens is 1. The molecule has 0 saturated carbocycles. The number of nitrogens with one attached hydrogen (secondary N) is 1. The number of aliphatic hydroxyl groups excluding tert-OH is 2. The molecule has 10 heteroatoms. The van der Waals surface area contributed by atoms with E-state index in [9.17, 15) is 15.5 Å². The third-order valence-electron chi connectivity index (χ3n) is 9.18. The maximum atomic E-state index is 9.54. The van der Waals surface area contributed by atoms with Gasteiger partial charge in [-0.15, -0.1) is 0 Å². The van der Waals surface area contributed by atoms with Crippen molar-refractivity contribution in [2.24, 2.45) is 0 Å². The van der Waals surface area contributed by atoms with Crippen molar-refractivity contribution in [3.8, 4) is 34.4 Å². The fourth-order valence-electron chi connectivity index (χ4n) is 6.19. The van der Waals surface area contributed by atoms with Crippen molar-refractivity contribution in [1.29, 1.82) is 5.26 Å². The molecular weight excluding hydrogens is 652 g/mol. The summed E-state index contributed by atoms with van der Waals surface area (Å²) in [6, 6.07) is 19.3. The van der Waals surface area contributed by atoms with Gasteiger partial charge in [0.15, 0.2) is 0 Å². The van der Waals surface area contributed by atoms with Crippen molar-refractivity contribution in [1.82, 2.24) is 15.2 Å². The maximum Gasteiger partial charge on any atom is 0.142 e. The molecule has 1 aliphatic heterocycles. The molecule has 0 aliphatic carbocycles. The highest BCUT2D eigenvalue weighted by molar-refractivity contribution is 6.32.